The standard InChI is InChI=1S/C15H18N2O2/c1-2-12-6-7-14(13(16)11-12)19-10-9-17-8-4-3-5-15(17)18/h3-8,11H,2,9-10,16H2,1H3. The quantitative estimate of drug-likeness (QED) is 0.835. The molecule has 1 aromatic carbocycles. The predicted molar refractivity (Wildman–Crippen MR) is 76.4 cm³/mol. The summed E-state index contributed by atoms with van der Waals surface area (Å²) in [5, 5.41) is 0. The Balaban J connectivity index is 1.96. The van der Waals surface area contributed by atoms with Crippen molar-refractivity contribution in [2.75, 3.05) is 12.3 Å². The van der Waals surface area contributed by atoms with Crippen LogP contribution in [0.15, 0.2) is 47.4 Å². The molecule has 0 aliphatic carbocycles. The van der Waals surface area contributed by atoms with Crippen LogP contribution in [0.5, 0.6) is 5.75 Å². The molecule has 0 amide bonds. The first-order chi connectivity index (χ1) is 9.20. The molecule has 19 heavy (non-hydrogen) atoms. The minimum absolute atomic E-state index is 0.0274. The van der Waals surface area contributed by atoms with Crippen LogP contribution in [-0.2, 0) is 13.0 Å². The summed E-state index contributed by atoms with van der Waals surface area (Å²) in [5.74, 6) is 0.668. The average Bonchev–Trinajstić information content (AvgIpc) is 2.42. The van der Waals surface area contributed by atoms with Gasteiger partial charge in [0, 0.05) is 12.3 Å². The minimum Gasteiger partial charge on any atom is -0.490 e. The van der Waals surface area contributed by atoms with Crippen LogP contribution in [0.1, 0.15) is 12.5 Å². The van der Waals surface area contributed by atoms with Gasteiger partial charge in [0.15, 0.2) is 0 Å². The van der Waals surface area contributed by atoms with Gasteiger partial charge in [-0.3, -0.25) is 4.79 Å². The van der Waals surface area contributed by atoms with E-state index < -0.39 is 0 Å². The van der Waals surface area contributed by atoms with Crippen molar-refractivity contribution in [1.82, 2.24) is 4.57 Å². The molecule has 0 saturated heterocycles. The summed E-state index contributed by atoms with van der Waals surface area (Å²) in [6.07, 6.45) is 2.69. The summed E-state index contributed by atoms with van der Waals surface area (Å²) in [6, 6.07) is 10.9. The molecular weight excluding hydrogens is 240 g/mol. The largest absolute Gasteiger partial charge is 0.490 e. The number of hydrogen-bond donors (Lipinski definition) is 1. The molecule has 0 atom stereocenters. The lowest BCUT2D eigenvalue weighted by Crippen LogP contribution is -2.21. The second-order valence-corrected chi connectivity index (χ2v) is 4.31. The maximum absolute atomic E-state index is 11.5. The van der Waals surface area contributed by atoms with E-state index in [-0.39, 0.29) is 5.56 Å². The smallest absolute Gasteiger partial charge is 0.250 e. The highest BCUT2D eigenvalue weighted by molar-refractivity contribution is 5.54. The molecule has 1 heterocycles. The van der Waals surface area contributed by atoms with Crippen LogP contribution >= 0.6 is 0 Å². The number of pyridine rings is 1. The van der Waals surface area contributed by atoms with E-state index in [2.05, 4.69) is 6.92 Å². The van der Waals surface area contributed by atoms with Gasteiger partial charge in [-0.2, -0.15) is 0 Å². The van der Waals surface area contributed by atoms with Crippen molar-refractivity contribution in [3.05, 3.63) is 58.5 Å². The van der Waals surface area contributed by atoms with Crippen LogP contribution in [0, 0.1) is 0 Å². The third kappa shape index (κ3) is 3.37. The minimum atomic E-state index is -0.0274. The summed E-state index contributed by atoms with van der Waals surface area (Å²) in [7, 11) is 0. The Morgan fingerprint density at radius 1 is 1.26 bits per heavy atom. The second-order valence-electron chi connectivity index (χ2n) is 4.31. The van der Waals surface area contributed by atoms with E-state index in [9.17, 15) is 4.79 Å². The molecule has 100 valence electrons. The fraction of sp³-hybridized carbons (Fsp3) is 0.267. The highest BCUT2D eigenvalue weighted by Gasteiger charge is 2.01. The van der Waals surface area contributed by atoms with Crippen LogP contribution < -0.4 is 16.0 Å². The topological polar surface area (TPSA) is 57.2 Å². The molecule has 2 aromatic rings. The Morgan fingerprint density at radius 3 is 2.79 bits per heavy atom. The van der Waals surface area contributed by atoms with E-state index in [1.54, 1.807) is 16.8 Å². The predicted octanol–water partition coefficient (Wildman–Crippen LogP) is 2.07. The van der Waals surface area contributed by atoms with Gasteiger partial charge < -0.3 is 15.0 Å². The van der Waals surface area contributed by atoms with E-state index in [4.69, 9.17) is 10.5 Å². The molecule has 0 unspecified atom stereocenters. The molecule has 1 aromatic heterocycles. The lowest BCUT2D eigenvalue weighted by Gasteiger charge is -2.11. The fourth-order valence-corrected chi connectivity index (χ4v) is 1.85. The van der Waals surface area contributed by atoms with Gasteiger partial charge in [0.2, 0.25) is 0 Å². The molecular formula is C15H18N2O2. The molecule has 2 N–H and O–H groups in total. The van der Waals surface area contributed by atoms with Crippen molar-refractivity contribution in [2.45, 2.75) is 19.9 Å². The summed E-state index contributed by atoms with van der Waals surface area (Å²) < 4.78 is 7.22. The molecule has 0 radical (unpaired) electrons. The van der Waals surface area contributed by atoms with Crippen molar-refractivity contribution in [1.29, 1.82) is 0 Å². The zero-order chi connectivity index (χ0) is 13.7. The van der Waals surface area contributed by atoms with Gasteiger partial charge in [-0.05, 0) is 30.2 Å². The molecule has 0 saturated carbocycles. The molecule has 0 aliphatic rings. The van der Waals surface area contributed by atoms with Crippen LogP contribution in [0.2, 0.25) is 0 Å². The molecule has 2 rings (SSSR count). The molecule has 4 nitrogen and oxygen atoms in total. The molecule has 4 heteroatoms. The second kappa shape index (κ2) is 6.09. The van der Waals surface area contributed by atoms with Crippen molar-refractivity contribution >= 4 is 5.69 Å². The number of hydrogen-bond acceptors (Lipinski definition) is 3. The van der Waals surface area contributed by atoms with Crippen LogP contribution in [0.25, 0.3) is 0 Å². The Kier molecular flexibility index (Phi) is 4.23. The van der Waals surface area contributed by atoms with E-state index in [0.717, 1.165) is 6.42 Å². The van der Waals surface area contributed by atoms with Gasteiger partial charge in [0.1, 0.15) is 12.4 Å². The number of aromatic nitrogens is 1. The Bertz CT molecular complexity index is 605. The van der Waals surface area contributed by atoms with Gasteiger partial charge in [-0.15, -0.1) is 0 Å². The SMILES string of the molecule is CCc1ccc(OCCn2ccccc2=O)c(N)c1. The van der Waals surface area contributed by atoms with Crippen LogP contribution in [-0.4, -0.2) is 11.2 Å². The summed E-state index contributed by atoms with van der Waals surface area (Å²) in [5.41, 5.74) is 7.71. The van der Waals surface area contributed by atoms with E-state index in [1.807, 2.05) is 24.3 Å². The number of anilines is 1. The number of benzene rings is 1. The first-order valence-electron chi connectivity index (χ1n) is 6.37. The van der Waals surface area contributed by atoms with Crippen molar-refractivity contribution in [2.24, 2.45) is 0 Å². The number of rotatable bonds is 5. The lowest BCUT2D eigenvalue weighted by atomic mass is 10.1. The first-order valence-corrected chi connectivity index (χ1v) is 6.37. The van der Waals surface area contributed by atoms with E-state index >= 15 is 0 Å². The van der Waals surface area contributed by atoms with E-state index in [0.29, 0.717) is 24.6 Å². The molecule has 0 bridgehead atoms. The average molecular weight is 258 g/mol. The van der Waals surface area contributed by atoms with Gasteiger partial charge in [0.25, 0.3) is 5.56 Å². The number of ether oxygens (including phenoxy) is 1. The first kappa shape index (κ1) is 13.2. The maximum atomic E-state index is 11.5. The summed E-state index contributed by atoms with van der Waals surface area (Å²) >= 11 is 0. The third-order valence-electron chi connectivity index (χ3n) is 2.97. The molecule has 0 fully saturated rings. The lowest BCUT2D eigenvalue weighted by molar-refractivity contribution is 0.298. The van der Waals surface area contributed by atoms with Gasteiger partial charge >= 0.3 is 0 Å². The van der Waals surface area contributed by atoms with Gasteiger partial charge in [-0.1, -0.05) is 19.1 Å². The van der Waals surface area contributed by atoms with E-state index in [1.165, 1.54) is 11.6 Å². The monoisotopic (exact) mass is 258 g/mol. The van der Waals surface area contributed by atoms with Crippen molar-refractivity contribution in [3.8, 4) is 5.75 Å². The van der Waals surface area contributed by atoms with Gasteiger partial charge in [-0.25, -0.2) is 0 Å². The fourth-order valence-electron chi connectivity index (χ4n) is 1.85. The van der Waals surface area contributed by atoms with Crippen LogP contribution in [0.4, 0.5) is 5.69 Å². The summed E-state index contributed by atoms with van der Waals surface area (Å²) in [4.78, 5) is 11.5. The van der Waals surface area contributed by atoms with Crippen molar-refractivity contribution in [3.63, 3.8) is 0 Å². The Morgan fingerprint density at radius 2 is 2.11 bits per heavy atom. The maximum Gasteiger partial charge on any atom is 0.250 e. The number of nitrogen functional groups attached to an aromatic ring is 1. The number of nitrogens with two attached hydrogens (primary N) is 1. The molecule has 0 aliphatic heterocycles. The van der Waals surface area contributed by atoms with Gasteiger partial charge in [0.05, 0.1) is 12.2 Å². The van der Waals surface area contributed by atoms with Crippen LogP contribution in [0.3, 0.4) is 0 Å². The highest BCUT2D eigenvalue weighted by Crippen LogP contribution is 2.22. The highest BCUT2D eigenvalue weighted by atomic mass is 16.5. The van der Waals surface area contributed by atoms with Crippen molar-refractivity contribution < 1.29 is 4.74 Å². The number of aryl methyl sites for hydroxylation is 1. The zero-order valence-electron chi connectivity index (χ0n) is 11.0. The third-order valence-corrected chi connectivity index (χ3v) is 2.97. The zero-order valence-corrected chi connectivity index (χ0v) is 11.0. The Hall–Kier alpha value is -2.23. The molecule has 0 spiro atoms. The normalized spacial score (nSPS) is 10.4. The summed E-state index contributed by atoms with van der Waals surface area (Å²) in [6.45, 7) is 3.01. The Labute approximate surface area is 112 Å². The number of nitrogens with zero attached hydrogens (tertiary/aromatic N) is 1.